The van der Waals surface area contributed by atoms with Crippen LogP contribution in [0.15, 0.2) is 18.2 Å². The van der Waals surface area contributed by atoms with Gasteiger partial charge in [0.05, 0.1) is 5.69 Å². The zero-order chi connectivity index (χ0) is 12.8. The Hall–Kier alpha value is -1.32. The van der Waals surface area contributed by atoms with E-state index < -0.39 is 0 Å². The molecule has 2 aromatic rings. The summed E-state index contributed by atoms with van der Waals surface area (Å²) in [7, 11) is 0. The molecule has 0 saturated carbocycles. The van der Waals surface area contributed by atoms with Crippen LogP contribution >= 0.6 is 11.6 Å². The molecule has 1 aliphatic heterocycles. The van der Waals surface area contributed by atoms with Gasteiger partial charge in [-0.05, 0) is 43.1 Å². The molecule has 1 aromatic carbocycles. The van der Waals surface area contributed by atoms with Crippen LogP contribution in [0.2, 0.25) is 5.02 Å². The number of hydrogen-bond acceptors (Lipinski definition) is 2. The maximum absolute atomic E-state index is 6.04. The highest BCUT2D eigenvalue weighted by molar-refractivity contribution is 6.30. The van der Waals surface area contributed by atoms with Crippen LogP contribution in [0, 0.1) is 5.92 Å². The van der Waals surface area contributed by atoms with Crippen molar-refractivity contribution in [3.63, 3.8) is 0 Å². The number of imidazole rings is 1. The summed E-state index contributed by atoms with van der Waals surface area (Å²) in [5.41, 5.74) is 4.91. The molecule has 1 aromatic heterocycles. The van der Waals surface area contributed by atoms with Crippen LogP contribution in [0.4, 0.5) is 0 Å². The molecule has 2 heterocycles. The Morgan fingerprint density at radius 2 is 2.32 bits per heavy atom. The first-order valence-electron chi connectivity index (χ1n) is 6.87. The smallest absolute Gasteiger partial charge is 0.107 e. The zero-order valence-corrected chi connectivity index (χ0v) is 11.4. The monoisotopic (exact) mass is 273 g/mol. The lowest BCUT2D eigenvalue weighted by molar-refractivity contribution is 0.564. The van der Waals surface area contributed by atoms with Crippen LogP contribution < -0.4 is 5.32 Å². The summed E-state index contributed by atoms with van der Waals surface area (Å²) >= 11 is 6.04. The van der Waals surface area contributed by atoms with Gasteiger partial charge in [0.15, 0.2) is 0 Å². The Balaban J connectivity index is 1.63. The second-order valence-electron chi connectivity index (χ2n) is 5.55. The lowest BCUT2D eigenvalue weighted by Gasteiger charge is -2.05. The van der Waals surface area contributed by atoms with E-state index in [0.717, 1.165) is 48.4 Å². The van der Waals surface area contributed by atoms with E-state index in [-0.39, 0.29) is 0 Å². The van der Waals surface area contributed by atoms with Gasteiger partial charge in [-0.25, -0.2) is 4.98 Å². The van der Waals surface area contributed by atoms with Crippen molar-refractivity contribution in [2.75, 3.05) is 13.1 Å². The number of hydrogen-bond donors (Lipinski definition) is 2. The molecule has 1 aliphatic carbocycles. The normalized spacial score (nSPS) is 20.6. The minimum Gasteiger partial charge on any atom is -0.345 e. The molecule has 3 nitrogen and oxygen atoms in total. The summed E-state index contributed by atoms with van der Waals surface area (Å²) in [6.07, 6.45) is 3.25. The summed E-state index contributed by atoms with van der Waals surface area (Å²) in [5.74, 6) is 1.87. The van der Waals surface area contributed by atoms with Gasteiger partial charge in [-0.15, -0.1) is 0 Å². The van der Waals surface area contributed by atoms with Crippen molar-refractivity contribution < 1.29 is 0 Å². The first-order valence-corrected chi connectivity index (χ1v) is 7.24. The van der Waals surface area contributed by atoms with Gasteiger partial charge in [0.2, 0.25) is 0 Å². The molecular weight excluding hydrogens is 258 g/mol. The van der Waals surface area contributed by atoms with Gasteiger partial charge in [-0.2, -0.15) is 0 Å². The first-order chi connectivity index (χ1) is 9.29. The number of aromatic nitrogens is 2. The standard InChI is InChI=1S/C15H16ClN3/c16-11-1-2-12-10(6-11)7-13-15(12)19-14(18-13)5-9-3-4-17-8-9/h1-2,6,9,17H,3-5,7-8H2,(H,18,19). The molecule has 1 fully saturated rings. The molecule has 2 N–H and O–H groups in total. The summed E-state index contributed by atoms with van der Waals surface area (Å²) in [4.78, 5) is 8.30. The first kappa shape index (κ1) is 11.5. The van der Waals surface area contributed by atoms with Crippen molar-refractivity contribution >= 4 is 11.6 Å². The maximum Gasteiger partial charge on any atom is 0.107 e. The molecule has 0 bridgehead atoms. The number of fused-ring (bicyclic) bond motifs is 3. The van der Waals surface area contributed by atoms with Crippen LogP contribution in [-0.2, 0) is 12.8 Å². The van der Waals surface area contributed by atoms with Gasteiger partial charge in [0.25, 0.3) is 0 Å². The van der Waals surface area contributed by atoms with Crippen molar-refractivity contribution in [2.24, 2.45) is 5.92 Å². The summed E-state index contributed by atoms with van der Waals surface area (Å²) in [5, 5.41) is 4.21. The third-order valence-corrected chi connectivity index (χ3v) is 4.40. The molecule has 0 radical (unpaired) electrons. The van der Waals surface area contributed by atoms with Crippen LogP contribution in [-0.4, -0.2) is 23.1 Å². The van der Waals surface area contributed by atoms with Crippen molar-refractivity contribution in [2.45, 2.75) is 19.3 Å². The molecule has 1 unspecified atom stereocenters. The molecular formula is C15H16ClN3. The second kappa shape index (κ2) is 4.36. The fourth-order valence-electron chi connectivity index (χ4n) is 3.20. The molecule has 19 heavy (non-hydrogen) atoms. The highest BCUT2D eigenvalue weighted by atomic mass is 35.5. The van der Waals surface area contributed by atoms with Crippen LogP contribution in [0.1, 0.15) is 23.5 Å². The van der Waals surface area contributed by atoms with Gasteiger partial charge >= 0.3 is 0 Å². The third-order valence-electron chi connectivity index (χ3n) is 4.16. The fourth-order valence-corrected chi connectivity index (χ4v) is 3.40. The fraction of sp³-hybridized carbons (Fsp3) is 0.400. The largest absolute Gasteiger partial charge is 0.345 e. The van der Waals surface area contributed by atoms with Crippen molar-refractivity contribution in [3.05, 3.63) is 40.3 Å². The van der Waals surface area contributed by atoms with Crippen molar-refractivity contribution in [1.29, 1.82) is 0 Å². The maximum atomic E-state index is 6.04. The molecule has 0 spiro atoms. The van der Waals surface area contributed by atoms with E-state index in [0.29, 0.717) is 0 Å². The Labute approximate surface area is 117 Å². The van der Waals surface area contributed by atoms with E-state index in [1.54, 1.807) is 0 Å². The lowest BCUT2D eigenvalue weighted by atomic mass is 10.0. The summed E-state index contributed by atoms with van der Waals surface area (Å²) in [6.45, 7) is 2.27. The molecule has 1 atom stereocenters. The number of halogens is 1. The number of H-pyrrole nitrogens is 1. The predicted molar refractivity (Wildman–Crippen MR) is 76.5 cm³/mol. The minimum atomic E-state index is 0.732. The molecule has 2 aliphatic rings. The van der Waals surface area contributed by atoms with E-state index >= 15 is 0 Å². The molecule has 4 rings (SSSR count). The van der Waals surface area contributed by atoms with E-state index in [4.69, 9.17) is 16.6 Å². The van der Waals surface area contributed by atoms with Crippen LogP contribution in [0.3, 0.4) is 0 Å². The number of benzene rings is 1. The van der Waals surface area contributed by atoms with Crippen LogP contribution in [0.5, 0.6) is 0 Å². The zero-order valence-electron chi connectivity index (χ0n) is 10.7. The number of aromatic amines is 1. The van der Waals surface area contributed by atoms with E-state index in [1.807, 2.05) is 12.1 Å². The lowest BCUT2D eigenvalue weighted by Crippen LogP contribution is -2.11. The highest BCUT2D eigenvalue weighted by Gasteiger charge is 2.24. The van der Waals surface area contributed by atoms with E-state index in [2.05, 4.69) is 16.4 Å². The van der Waals surface area contributed by atoms with Gasteiger partial charge in [0.1, 0.15) is 5.82 Å². The Kier molecular flexibility index (Phi) is 2.64. The van der Waals surface area contributed by atoms with Gasteiger partial charge in [-0.1, -0.05) is 17.7 Å². The van der Waals surface area contributed by atoms with E-state index in [1.165, 1.54) is 23.2 Å². The number of nitrogens with one attached hydrogen (secondary N) is 2. The minimum absolute atomic E-state index is 0.732. The summed E-state index contributed by atoms with van der Waals surface area (Å²) in [6, 6.07) is 6.09. The SMILES string of the molecule is Clc1ccc2c(c1)Cc1[nH]c(CC3CCNC3)nc1-2. The summed E-state index contributed by atoms with van der Waals surface area (Å²) < 4.78 is 0. The second-order valence-corrected chi connectivity index (χ2v) is 5.99. The van der Waals surface area contributed by atoms with Crippen molar-refractivity contribution in [1.82, 2.24) is 15.3 Å². The Bertz CT molecular complexity index is 626. The molecule has 0 amide bonds. The topological polar surface area (TPSA) is 40.7 Å². The van der Waals surface area contributed by atoms with Gasteiger partial charge < -0.3 is 10.3 Å². The van der Waals surface area contributed by atoms with Crippen molar-refractivity contribution in [3.8, 4) is 11.3 Å². The average Bonchev–Trinajstić information content (AvgIpc) is 3.05. The Morgan fingerprint density at radius 3 is 3.16 bits per heavy atom. The Morgan fingerprint density at radius 1 is 1.37 bits per heavy atom. The van der Waals surface area contributed by atoms with Gasteiger partial charge in [-0.3, -0.25) is 0 Å². The number of rotatable bonds is 2. The molecule has 4 heteroatoms. The highest BCUT2D eigenvalue weighted by Crippen LogP contribution is 2.36. The molecule has 98 valence electrons. The quantitative estimate of drug-likeness (QED) is 0.754. The molecule has 1 saturated heterocycles. The average molecular weight is 274 g/mol. The number of nitrogens with zero attached hydrogens (tertiary/aromatic N) is 1. The van der Waals surface area contributed by atoms with E-state index in [9.17, 15) is 0 Å². The predicted octanol–water partition coefficient (Wildman–Crippen LogP) is 2.79. The third kappa shape index (κ3) is 1.97. The van der Waals surface area contributed by atoms with Gasteiger partial charge in [0, 0.05) is 29.1 Å². The van der Waals surface area contributed by atoms with Crippen LogP contribution in [0.25, 0.3) is 11.3 Å².